The molecule has 178 valence electrons. The molecule has 4 rings (SSSR count). The first-order chi connectivity index (χ1) is 15.7. The van der Waals surface area contributed by atoms with Crippen LogP contribution in [0.3, 0.4) is 0 Å². The summed E-state index contributed by atoms with van der Waals surface area (Å²) < 4.78 is 5.60. The molecule has 0 radical (unpaired) electrons. The van der Waals surface area contributed by atoms with E-state index in [0.717, 1.165) is 50.5 Å². The predicted molar refractivity (Wildman–Crippen MR) is 135 cm³/mol. The van der Waals surface area contributed by atoms with Gasteiger partial charge in [0.1, 0.15) is 5.60 Å². The van der Waals surface area contributed by atoms with Gasteiger partial charge in [0.15, 0.2) is 0 Å². The lowest BCUT2D eigenvalue weighted by Gasteiger charge is -2.42. The molecule has 2 aliphatic rings. The smallest absolute Gasteiger partial charge is 0.410 e. The maximum Gasteiger partial charge on any atom is 0.410 e. The Hall–Kier alpha value is -2.24. The monoisotopic (exact) mass is 469 g/mol. The number of hydrogen-bond donors (Lipinski definition) is 0. The second-order valence-corrected chi connectivity index (χ2v) is 10.8. The van der Waals surface area contributed by atoms with Crippen LogP contribution in [-0.4, -0.2) is 60.3 Å². The summed E-state index contributed by atoms with van der Waals surface area (Å²) in [7, 11) is 2.20. The first-order valence-electron chi connectivity index (χ1n) is 12.0. The predicted octanol–water partition coefficient (Wildman–Crippen LogP) is 5.60. The maximum absolute atomic E-state index is 12.6. The van der Waals surface area contributed by atoms with Gasteiger partial charge in [-0.2, -0.15) is 0 Å². The number of likely N-dealkylation sites (N-methyl/N-ethyl adjacent to an activating group) is 1. The fourth-order valence-corrected chi connectivity index (χ4v) is 5.20. The van der Waals surface area contributed by atoms with E-state index >= 15 is 0 Å². The second kappa shape index (κ2) is 9.94. The van der Waals surface area contributed by atoms with E-state index in [1.165, 1.54) is 16.8 Å². The summed E-state index contributed by atoms with van der Waals surface area (Å²) in [5, 5.41) is 0.774. The summed E-state index contributed by atoms with van der Waals surface area (Å²) in [5.41, 5.74) is 3.52. The first-order valence-corrected chi connectivity index (χ1v) is 12.3. The minimum Gasteiger partial charge on any atom is -0.444 e. The van der Waals surface area contributed by atoms with Gasteiger partial charge < -0.3 is 14.5 Å². The minimum absolute atomic E-state index is 0.195. The number of amides is 1. The Morgan fingerprint density at radius 3 is 2.39 bits per heavy atom. The fraction of sp³-hybridized carbons (Fsp3) is 0.519. The molecule has 0 aromatic heterocycles. The van der Waals surface area contributed by atoms with Crippen molar-refractivity contribution in [1.82, 2.24) is 9.80 Å². The third kappa shape index (κ3) is 6.01. The lowest BCUT2D eigenvalue weighted by Crippen LogP contribution is -2.52. The minimum atomic E-state index is -0.462. The zero-order valence-electron chi connectivity index (χ0n) is 20.3. The van der Waals surface area contributed by atoms with Crippen molar-refractivity contribution < 1.29 is 9.53 Å². The van der Waals surface area contributed by atoms with Crippen molar-refractivity contribution in [1.29, 1.82) is 0 Å². The molecule has 0 saturated carbocycles. The summed E-state index contributed by atoms with van der Waals surface area (Å²) in [5.74, 6) is 0. The Balaban J connectivity index is 1.52. The number of piperidine rings is 1. The van der Waals surface area contributed by atoms with Gasteiger partial charge in [0.2, 0.25) is 0 Å². The third-order valence-corrected chi connectivity index (χ3v) is 6.93. The van der Waals surface area contributed by atoms with Gasteiger partial charge in [-0.3, -0.25) is 4.90 Å². The van der Waals surface area contributed by atoms with E-state index in [1.54, 1.807) is 0 Å². The number of para-hydroxylation sites is 1. The number of ether oxygens (including phenoxy) is 1. The van der Waals surface area contributed by atoms with E-state index in [1.807, 2.05) is 37.8 Å². The molecule has 1 atom stereocenters. The molecule has 2 aromatic carbocycles. The SMILES string of the molecule is CN1CC(Cc2ccc(Cl)cc2)N(C2CCN(C(=O)OC(C)(C)C)CC2)Cc2ccccc21. The van der Waals surface area contributed by atoms with Crippen LogP contribution in [0.2, 0.25) is 5.02 Å². The molecule has 5 nitrogen and oxygen atoms in total. The first kappa shape index (κ1) is 23.9. The molecule has 1 unspecified atom stereocenters. The second-order valence-electron chi connectivity index (χ2n) is 10.4. The highest BCUT2D eigenvalue weighted by Gasteiger charge is 2.35. The zero-order chi connectivity index (χ0) is 23.6. The molecular weight excluding hydrogens is 434 g/mol. The molecule has 6 heteroatoms. The highest BCUT2D eigenvalue weighted by atomic mass is 35.5. The average Bonchev–Trinajstić information content (AvgIpc) is 2.91. The number of anilines is 1. The molecule has 33 heavy (non-hydrogen) atoms. The van der Waals surface area contributed by atoms with Crippen LogP contribution in [0.4, 0.5) is 10.5 Å². The highest BCUT2D eigenvalue weighted by Crippen LogP contribution is 2.31. The molecule has 2 aliphatic heterocycles. The molecule has 2 aromatic rings. The number of carbonyl (C=O) groups is 1. The number of rotatable bonds is 3. The van der Waals surface area contributed by atoms with E-state index in [2.05, 4.69) is 53.2 Å². The average molecular weight is 470 g/mol. The highest BCUT2D eigenvalue weighted by molar-refractivity contribution is 6.30. The van der Waals surface area contributed by atoms with Gasteiger partial charge in [-0.05, 0) is 69.4 Å². The lowest BCUT2D eigenvalue weighted by molar-refractivity contribution is 0.0103. The van der Waals surface area contributed by atoms with Crippen molar-refractivity contribution in [3.8, 4) is 0 Å². The third-order valence-electron chi connectivity index (χ3n) is 6.68. The van der Waals surface area contributed by atoms with Gasteiger partial charge in [0, 0.05) is 56.0 Å². The topological polar surface area (TPSA) is 36.0 Å². The summed E-state index contributed by atoms with van der Waals surface area (Å²) >= 11 is 6.13. The molecule has 1 amide bonds. The Labute approximate surface area is 203 Å². The van der Waals surface area contributed by atoms with Gasteiger partial charge >= 0.3 is 6.09 Å². The number of fused-ring (bicyclic) bond motifs is 1. The number of nitrogens with zero attached hydrogens (tertiary/aromatic N) is 3. The van der Waals surface area contributed by atoms with Crippen molar-refractivity contribution in [2.24, 2.45) is 0 Å². The molecule has 0 bridgehead atoms. The summed E-state index contributed by atoms with van der Waals surface area (Å²) in [4.78, 5) is 19.5. The van der Waals surface area contributed by atoms with Crippen molar-refractivity contribution in [2.75, 3.05) is 31.6 Å². The normalized spacial score (nSPS) is 20.3. The van der Waals surface area contributed by atoms with Gasteiger partial charge in [0.25, 0.3) is 0 Å². The van der Waals surface area contributed by atoms with Gasteiger partial charge in [-0.15, -0.1) is 0 Å². The van der Waals surface area contributed by atoms with Crippen LogP contribution >= 0.6 is 11.6 Å². The Morgan fingerprint density at radius 1 is 1.06 bits per heavy atom. The Kier molecular flexibility index (Phi) is 7.20. The Morgan fingerprint density at radius 2 is 1.73 bits per heavy atom. The van der Waals surface area contributed by atoms with E-state index in [0.29, 0.717) is 12.1 Å². The van der Waals surface area contributed by atoms with Crippen LogP contribution < -0.4 is 4.90 Å². The summed E-state index contributed by atoms with van der Waals surface area (Å²) in [6.45, 7) is 9.13. The van der Waals surface area contributed by atoms with E-state index in [4.69, 9.17) is 16.3 Å². The fourth-order valence-electron chi connectivity index (χ4n) is 5.07. The van der Waals surface area contributed by atoms with Crippen molar-refractivity contribution in [3.05, 3.63) is 64.7 Å². The van der Waals surface area contributed by atoms with Crippen LogP contribution in [0.5, 0.6) is 0 Å². The van der Waals surface area contributed by atoms with Crippen LogP contribution in [0.1, 0.15) is 44.7 Å². The van der Waals surface area contributed by atoms with Crippen LogP contribution in [0, 0.1) is 0 Å². The Bertz CT molecular complexity index is 949. The molecule has 0 N–H and O–H groups in total. The molecule has 1 saturated heterocycles. The lowest BCUT2D eigenvalue weighted by atomic mass is 9.97. The van der Waals surface area contributed by atoms with Crippen molar-refractivity contribution in [2.45, 2.75) is 64.3 Å². The van der Waals surface area contributed by atoms with E-state index < -0.39 is 5.60 Å². The molecule has 0 aliphatic carbocycles. The van der Waals surface area contributed by atoms with Crippen LogP contribution in [0.15, 0.2) is 48.5 Å². The van der Waals surface area contributed by atoms with Crippen molar-refractivity contribution >= 4 is 23.4 Å². The number of hydrogen-bond acceptors (Lipinski definition) is 4. The van der Waals surface area contributed by atoms with E-state index in [-0.39, 0.29) is 6.09 Å². The number of benzene rings is 2. The molecular formula is C27H36ClN3O2. The van der Waals surface area contributed by atoms with Gasteiger partial charge in [-0.1, -0.05) is 41.9 Å². The largest absolute Gasteiger partial charge is 0.444 e. The summed E-state index contributed by atoms with van der Waals surface area (Å²) in [6.07, 6.45) is 2.70. The standard InChI is InChI=1S/C27H36ClN3O2/c1-27(2,3)33-26(32)30-15-13-23(14-16-30)31-18-21-7-5-6-8-25(21)29(4)19-24(31)17-20-9-11-22(28)12-10-20/h5-12,23-24H,13-19H2,1-4H3. The van der Waals surface area contributed by atoms with Gasteiger partial charge in [0.05, 0.1) is 0 Å². The van der Waals surface area contributed by atoms with Crippen LogP contribution in [-0.2, 0) is 17.7 Å². The number of likely N-dealkylation sites (tertiary alicyclic amines) is 1. The van der Waals surface area contributed by atoms with Gasteiger partial charge in [-0.25, -0.2) is 4.79 Å². The maximum atomic E-state index is 12.6. The molecule has 1 fully saturated rings. The summed E-state index contributed by atoms with van der Waals surface area (Å²) in [6, 6.07) is 17.8. The molecule has 2 heterocycles. The molecule has 0 spiro atoms. The zero-order valence-corrected chi connectivity index (χ0v) is 21.0. The van der Waals surface area contributed by atoms with Crippen LogP contribution in [0.25, 0.3) is 0 Å². The van der Waals surface area contributed by atoms with Crippen molar-refractivity contribution in [3.63, 3.8) is 0 Å². The quantitative estimate of drug-likeness (QED) is 0.586. The number of carbonyl (C=O) groups excluding carboxylic acids is 1. The number of halogens is 1. The van der Waals surface area contributed by atoms with E-state index in [9.17, 15) is 4.79 Å².